The molecule has 4 amide bonds. The Labute approximate surface area is 450 Å². The van der Waals surface area contributed by atoms with Crippen molar-refractivity contribution in [2.45, 2.75) is 93.1 Å². The van der Waals surface area contributed by atoms with Crippen molar-refractivity contribution in [3.8, 4) is 23.0 Å². The minimum atomic E-state index is -0.854. The van der Waals surface area contributed by atoms with Gasteiger partial charge in [0.1, 0.15) is 70.8 Å². The van der Waals surface area contributed by atoms with Gasteiger partial charge in [-0.1, -0.05) is 24.3 Å². The van der Waals surface area contributed by atoms with Crippen LogP contribution in [0.1, 0.15) is 91.9 Å². The molecule has 0 saturated carbocycles. The molecule has 78 heavy (non-hydrogen) atoms. The highest BCUT2D eigenvalue weighted by atomic mass is 16.5. The van der Waals surface area contributed by atoms with Crippen molar-refractivity contribution in [1.29, 1.82) is 0 Å². The van der Waals surface area contributed by atoms with Crippen molar-refractivity contribution in [2.75, 3.05) is 27.4 Å². The summed E-state index contributed by atoms with van der Waals surface area (Å²) in [6, 6.07) is 24.5. The highest BCUT2D eigenvalue weighted by Crippen LogP contribution is 2.32. The first-order valence-corrected chi connectivity index (χ1v) is 25.6. The van der Waals surface area contributed by atoms with Crippen LogP contribution in [0.2, 0.25) is 0 Å². The Hall–Kier alpha value is -8.76. The summed E-state index contributed by atoms with van der Waals surface area (Å²) in [4.78, 5) is 64.5. The van der Waals surface area contributed by atoms with Crippen molar-refractivity contribution in [1.82, 2.24) is 37.8 Å². The molecule has 0 fully saturated rings. The first-order valence-electron chi connectivity index (χ1n) is 25.6. The zero-order valence-corrected chi connectivity index (χ0v) is 45.6. The number of aryl methyl sites for hydroxylation is 6. The van der Waals surface area contributed by atoms with Gasteiger partial charge in [-0.05, 0) is 113 Å². The van der Waals surface area contributed by atoms with Gasteiger partial charge >= 0.3 is 0 Å². The number of primary amides is 2. The molecule has 0 saturated heterocycles. The number of hydrogen-bond acceptors (Lipinski definition) is 12. The van der Waals surface area contributed by atoms with Crippen LogP contribution >= 0.6 is 0 Å². The Bertz CT molecular complexity index is 3430. The molecule has 22 nitrogen and oxygen atoms in total. The molecule has 410 valence electrons. The second kappa shape index (κ2) is 24.1. The number of imidazole rings is 2. The Morgan fingerprint density at radius 1 is 0.564 bits per heavy atom. The monoisotopic (exact) mass is 1070 g/mol. The van der Waals surface area contributed by atoms with Crippen molar-refractivity contribution < 1.29 is 47.6 Å². The van der Waals surface area contributed by atoms with E-state index >= 15 is 0 Å². The number of methoxy groups -OCH3 is 2. The fourth-order valence-corrected chi connectivity index (χ4v) is 9.46. The lowest BCUT2D eigenvalue weighted by atomic mass is 10.1. The predicted octanol–water partition coefficient (Wildman–Crippen LogP) is 5.69. The predicted molar refractivity (Wildman–Crippen MR) is 289 cm³/mol. The third kappa shape index (κ3) is 11.6. The van der Waals surface area contributed by atoms with Crippen LogP contribution in [0.15, 0.2) is 94.9 Å². The van der Waals surface area contributed by atoms with E-state index < -0.39 is 35.8 Å². The molecule has 0 radical (unpaired) electrons. The molecule has 4 aromatic heterocycles. The maximum absolute atomic E-state index is 14.4. The molecule has 8 rings (SSSR count). The van der Waals surface area contributed by atoms with Crippen LogP contribution in [0.3, 0.4) is 0 Å². The summed E-state index contributed by atoms with van der Waals surface area (Å²) in [5.74, 6) is -0.657. The van der Waals surface area contributed by atoms with Gasteiger partial charge in [0.05, 0.1) is 49.7 Å². The van der Waals surface area contributed by atoms with E-state index in [2.05, 4.69) is 10.2 Å². The lowest BCUT2D eigenvalue weighted by Gasteiger charge is -2.28. The average Bonchev–Trinajstić information content (AvgIpc) is 4.25. The third-order valence-corrected chi connectivity index (χ3v) is 13.3. The van der Waals surface area contributed by atoms with Crippen LogP contribution in [0.5, 0.6) is 23.0 Å². The SMILES string of the molecule is CCO[C@@H](Cn1/c(=N\C(=O)c2cc(C)nn2CC)n(C)c2cc(C(N)=O)cc(OCc3ccc(OC)cc3)c21)[C@H](Cn1/c(=N\C(=O)c2cc(C)nn2CC)n(C)c2cc(C(N)=O)cc(OCc3ccc(OC)cc3)c21)OCC. The van der Waals surface area contributed by atoms with E-state index in [1.54, 1.807) is 97.1 Å². The van der Waals surface area contributed by atoms with Crippen LogP contribution in [0.4, 0.5) is 0 Å². The van der Waals surface area contributed by atoms with Crippen LogP contribution in [0, 0.1) is 13.8 Å². The molecule has 0 aliphatic heterocycles. The van der Waals surface area contributed by atoms with Crippen LogP contribution in [-0.4, -0.2) is 101 Å². The number of carbonyl (C=O) groups excluding carboxylic acids is 4. The van der Waals surface area contributed by atoms with E-state index in [0.717, 1.165) is 11.1 Å². The molecule has 22 heteroatoms. The van der Waals surface area contributed by atoms with Crippen LogP contribution in [0.25, 0.3) is 22.1 Å². The van der Waals surface area contributed by atoms with E-state index in [4.69, 9.17) is 49.9 Å². The molecular weight excluding hydrogens is 1000 g/mol. The average molecular weight is 1070 g/mol. The quantitative estimate of drug-likeness (QED) is 0.0784. The lowest BCUT2D eigenvalue weighted by Crippen LogP contribution is -2.43. The standard InChI is InChI=1S/C56H66N12O10/c1-11-67-43(23-33(5)61-67)53(71)59-55-63(7)41-25-37(51(57)69)27-45(77-31-35-15-19-39(73-9)20-16-35)49(41)65(55)29-47(75-13-3)48(76-14-4)30-66-50-42(64(8)56(66)60-54(72)44-24-34(6)62-68(44)12-2)26-38(52(58)70)28-46(50)78-32-36-17-21-40(74-10)22-18-36/h15-28,47-48H,11-14,29-32H2,1-10H3,(H2,57,69)(H2,58,70)/b59-55-,60-56-/t47-,48-/m0/s1. The first-order chi connectivity index (χ1) is 37.5. The fourth-order valence-electron chi connectivity index (χ4n) is 9.46. The molecule has 0 aliphatic carbocycles. The molecule has 0 spiro atoms. The number of rotatable bonds is 23. The van der Waals surface area contributed by atoms with E-state index in [1.807, 2.05) is 85.4 Å². The van der Waals surface area contributed by atoms with Gasteiger partial charge in [0.25, 0.3) is 11.8 Å². The molecule has 0 aliphatic rings. The number of ether oxygens (including phenoxy) is 6. The molecule has 4 N–H and O–H groups in total. The minimum Gasteiger partial charge on any atom is -0.497 e. The smallest absolute Gasteiger partial charge is 0.298 e. The Morgan fingerprint density at radius 3 is 1.26 bits per heavy atom. The summed E-state index contributed by atoms with van der Waals surface area (Å²) in [6.07, 6.45) is -1.71. The summed E-state index contributed by atoms with van der Waals surface area (Å²) in [5.41, 5.74) is 17.9. The van der Waals surface area contributed by atoms with E-state index in [1.165, 1.54) is 0 Å². The number of nitrogens with two attached hydrogens (primary N) is 2. The van der Waals surface area contributed by atoms with Crippen molar-refractivity contribution in [3.63, 3.8) is 0 Å². The number of aromatic nitrogens is 8. The molecule has 8 aromatic rings. The molecule has 0 unspecified atom stereocenters. The Balaban J connectivity index is 1.34. The lowest BCUT2D eigenvalue weighted by molar-refractivity contribution is -0.0801. The number of amides is 4. The normalized spacial score (nSPS) is 12.8. The Kier molecular flexibility index (Phi) is 17.1. The highest BCUT2D eigenvalue weighted by molar-refractivity contribution is 6.00. The van der Waals surface area contributed by atoms with Gasteiger partial charge in [0.2, 0.25) is 23.1 Å². The zero-order valence-electron chi connectivity index (χ0n) is 45.6. The Morgan fingerprint density at radius 2 is 0.936 bits per heavy atom. The maximum Gasteiger partial charge on any atom is 0.298 e. The second-order valence-corrected chi connectivity index (χ2v) is 18.4. The summed E-state index contributed by atoms with van der Waals surface area (Å²) in [6.45, 7) is 12.5. The minimum absolute atomic E-state index is 0.0127. The maximum atomic E-state index is 14.4. The largest absolute Gasteiger partial charge is 0.497 e. The zero-order chi connectivity index (χ0) is 55.9. The van der Waals surface area contributed by atoms with Crippen molar-refractivity contribution in [3.05, 3.63) is 141 Å². The number of nitrogens with zero attached hydrogens (tertiary/aromatic N) is 10. The van der Waals surface area contributed by atoms with Crippen molar-refractivity contribution >= 4 is 45.7 Å². The van der Waals surface area contributed by atoms with Gasteiger partial charge in [-0.3, -0.25) is 28.5 Å². The van der Waals surface area contributed by atoms with Crippen molar-refractivity contribution in [2.24, 2.45) is 35.5 Å². The van der Waals surface area contributed by atoms with Gasteiger partial charge in [-0.15, -0.1) is 0 Å². The van der Waals surface area contributed by atoms with Gasteiger partial charge in [0.15, 0.2) is 0 Å². The summed E-state index contributed by atoms with van der Waals surface area (Å²) < 4.78 is 47.6. The number of carbonyl (C=O) groups is 4. The van der Waals surface area contributed by atoms with Crippen LogP contribution < -0.4 is 41.7 Å². The third-order valence-electron chi connectivity index (χ3n) is 13.3. The van der Waals surface area contributed by atoms with E-state index in [9.17, 15) is 19.2 Å². The number of hydrogen-bond donors (Lipinski definition) is 2. The molecule has 2 atom stereocenters. The van der Waals surface area contributed by atoms with Gasteiger partial charge in [-0.2, -0.15) is 20.2 Å². The highest BCUT2D eigenvalue weighted by Gasteiger charge is 2.31. The summed E-state index contributed by atoms with van der Waals surface area (Å²) in [5, 5.41) is 9.01. The van der Waals surface area contributed by atoms with E-state index in [0.29, 0.717) is 58.0 Å². The second-order valence-electron chi connectivity index (χ2n) is 18.4. The fraction of sp³-hybridized carbons (Fsp3) is 0.357. The summed E-state index contributed by atoms with van der Waals surface area (Å²) in [7, 11) is 6.64. The molecule has 4 heterocycles. The molecule has 4 aromatic carbocycles. The van der Waals surface area contributed by atoms with Gasteiger partial charge in [0, 0.05) is 51.5 Å². The van der Waals surface area contributed by atoms with Gasteiger partial charge < -0.3 is 58.2 Å². The van der Waals surface area contributed by atoms with Crippen LogP contribution in [-0.2, 0) is 63.0 Å². The number of benzene rings is 4. The molecular formula is C56H66N12O10. The summed E-state index contributed by atoms with van der Waals surface area (Å²) >= 11 is 0. The van der Waals surface area contributed by atoms with Gasteiger partial charge in [-0.25, -0.2) is 0 Å². The molecule has 0 bridgehead atoms. The van der Waals surface area contributed by atoms with E-state index in [-0.39, 0.29) is 84.8 Å². The topological polar surface area (TPSA) is 256 Å². The number of fused-ring (bicyclic) bond motifs is 2. The first kappa shape index (κ1) is 55.5.